The van der Waals surface area contributed by atoms with Crippen molar-refractivity contribution in [3.05, 3.63) is 60.8 Å². The highest BCUT2D eigenvalue weighted by molar-refractivity contribution is 7.47. The van der Waals surface area contributed by atoms with Gasteiger partial charge in [0.2, 0.25) is 0 Å². The monoisotopic (exact) mass is 977 g/mol. The topological polar surface area (TPSA) is 91.3 Å². The molecule has 9 heteroatoms. The smallest absolute Gasteiger partial charge is 0.457 e. The number of quaternary nitrogens is 1. The number of unbranched alkanes of at least 4 members (excludes halogenated alkanes) is 29. The van der Waals surface area contributed by atoms with E-state index in [2.05, 4.69) is 74.6 Å². The van der Waals surface area contributed by atoms with Gasteiger partial charge in [-0.2, -0.15) is 0 Å². The van der Waals surface area contributed by atoms with Crippen LogP contribution in [0.5, 0.6) is 0 Å². The maximum atomic E-state index is 12.8. The fourth-order valence-corrected chi connectivity index (χ4v) is 8.74. The van der Waals surface area contributed by atoms with Crippen LogP contribution in [0.25, 0.3) is 0 Å². The van der Waals surface area contributed by atoms with E-state index < -0.39 is 13.9 Å². The number of esters is 1. The highest BCUT2D eigenvalue weighted by Gasteiger charge is 2.26. The molecule has 0 amide bonds. The van der Waals surface area contributed by atoms with Crippen LogP contribution >= 0.6 is 7.82 Å². The van der Waals surface area contributed by atoms with E-state index in [1.54, 1.807) is 0 Å². The number of likely N-dealkylation sites (N-methyl/N-ethyl adjacent to an activating group) is 1. The number of hydrogen-bond donors (Lipinski definition) is 1. The SMILES string of the molecule is CC/C=C\C/C=C\C/C=C\C/C=C\C/C=C\CCCCCCCCCCCCOCC(COP(=O)(O)OCC[N+](C)(C)C)OC(=O)CCCCCCCCCCCCCCCCCCCCCC. The molecule has 0 aliphatic rings. The Bertz CT molecular complexity index is 1270. The third-order valence-corrected chi connectivity index (χ3v) is 13.3. The van der Waals surface area contributed by atoms with Crippen LogP contribution in [0.2, 0.25) is 0 Å². The van der Waals surface area contributed by atoms with Crippen molar-refractivity contribution in [1.29, 1.82) is 0 Å². The molecule has 68 heavy (non-hydrogen) atoms. The first-order chi connectivity index (χ1) is 33.1. The summed E-state index contributed by atoms with van der Waals surface area (Å²) >= 11 is 0. The van der Waals surface area contributed by atoms with Crippen LogP contribution in [-0.4, -0.2) is 75.6 Å². The van der Waals surface area contributed by atoms with Gasteiger partial charge in [0.1, 0.15) is 19.3 Å². The van der Waals surface area contributed by atoms with Crippen molar-refractivity contribution in [2.24, 2.45) is 0 Å². The summed E-state index contributed by atoms with van der Waals surface area (Å²) < 4.78 is 35.3. The van der Waals surface area contributed by atoms with Gasteiger partial charge in [-0.25, -0.2) is 4.57 Å². The molecule has 0 spiro atoms. The first-order valence-electron chi connectivity index (χ1n) is 28.5. The van der Waals surface area contributed by atoms with Crippen molar-refractivity contribution in [3.63, 3.8) is 0 Å². The number of phosphoric acid groups is 1. The minimum absolute atomic E-state index is 0.0874. The predicted molar refractivity (Wildman–Crippen MR) is 293 cm³/mol. The van der Waals surface area contributed by atoms with Gasteiger partial charge in [-0.3, -0.25) is 13.8 Å². The normalized spacial score (nSPS) is 13.9. The first-order valence-corrected chi connectivity index (χ1v) is 30.0. The van der Waals surface area contributed by atoms with Crippen LogP contribution in [0.3, 0.4) is 0 Å². The summed E-state index contributed by atoms with van der Waals surface area (Å²) in [6.07, 6.45) is 67.1. The van der Waals surface area contributed by atoms with Crippen LogP contribution in [-0.2, 0) is 27.9 Å². The van der Waals surface area contributed by atoms with E-state index >= 15 is 0 Å². The van der Waals surface area contributed by atoms with Crippen molar-refractivity contribution in [1.82, 2.24) is 0 Å². The quantitative estimate of drug-likeness (QED) is 0.0213. The Hall–Kier alpha value is -1.80. The molecule has 0 aromatic rings. The van der Waals surface area contributed by atoms with Gasteiger partial charge in [-0.05, 0) is 57.8 Å². The number of ether oxygens (including phenoxy) is 2. The zero-order valence-corrected chi connectivity index (χ0v) is 46.2. The number of rotatable bonds is 53. The second-order valence-corrected chi connectivity index (χ2v) is 21.8. The van der Waals surface area contributed by atoms with Gasteiger partial charge in [-0.1, -0.05) is 248 Å². The Morgan fingerprint density at radius 2 is 0.853 bits per heavy atom. The minimum Gasteiger partial charge on any atom is -0.457 e. The summed E-state index contributed by atoms with van der Waals surface area (Å²) in [5.74, 6) is -0.311. The van der Waals surface area contributed by atoms with E-state index in [0.29, 0.717) is 24.1 Å². The highest BCUT2D eigenvalue weighted by Crippen LogP contribution is 2.43. The standard InChI is InChI=1S/C59H110NO7P/c1-6-8-10-12-14-16-18-20-22-24-26-28-29-30-31-32-33-35-37-39-41-43-45-47-49-51-54-64-56-58(57-66-68(62,63)65-55-53-60(3,4)5)67-59(61)52-50-48-46-44-42-40-38-36-34-27-25-23-21-19-17-15-13-11-9-7-2/h8,10,14,16,20,22,26,28,30-31,58H,6-7,9,11-13,15,17-19,21,23-25,27,29,32-57H2,1-5H3/p+1/b10-8-,16-14-,22-20-,28-26-,31-30-. The molecule has 398 valence electrons. The molecule has 8 nitrogen and oxygen atoms in total. The molecule has 0 aromatic carbocycles. The van der Waals surface area contributed by atoms with Crippen molar-refractivity contribution in [3.8, 4) is 0 Å². The summed E-state index contributed by atoms with van der Waals surface area (Å²) in [5.41, 5.74) is 0. The number of nitrogens with zero attached hydrogens (tertiary/aromatic N) is 1. The van der Waals surface area contributed by atoms with Gasteiger partial charge in [0.05, 0.1) is 34.4 Å². The molecule has 0 fully saturated rings. The molecule has 1 N–H and O–H groups in total. The van der Waals surface area contributed by atoms with Crippen LogP contribution in [0.4, 0.5) is 0 Å². The molecule has 0 aliphatic heterocycles. The van der Waals surface area contributed by atoms with Gasteiger partial charge in [0, 0.05) is 13.0 Å². The highest BCUT2D eigenvalue weighted by atomic mass is 31.2. The van der Waals surface area contributed by atoms with E-state index in [1.807, 2.05) is 21.1 Å². The van der Waals surface area contributed by atoms with Gasteiger partial charge in [0.15, 0.2) is 0 Å². The molecular weight excluding hydrogens is 866 g/mol. The van der Waals surface area contributed by atoms with Crippen LogP contribution in [0, 0.1) is 0 Å². The lowest BCUT2D eigenvalue weighted by Gasteiger charge is -2.24. The summed E-state index contributed by atoms with van der Waals surface area (Å²) in [6, 6.07) is 0. The molecular formula is C59H111NO7P+. The van der Waals surface area contributed by atoms with Gasteiger partial charge in [-0.15, -0.1) is 0 Å². The Morgan fingerprint density at radius 3 is 1.28 bits per heavy atom. The number of carbonyl (C=O) groups is 1. The van der Waals surface area contributed by atoms with E-state index in [9.17, 15) is 14.3 Å². The number of allylic oxidation sites excluding steroid dienone is 10. The zero-order valence-electron chi connectivity index (χ0n) is 45.3. The molecule has 0 heterocycles. The average molecular weight is 978 g/mol. The van der Waals surface area contributed by atoms with Crippen LogP contribution in [0.15, 0.2) is 60.8 Å². The Morgan fingerprint density at radius 1 is 0.471 bits per heavy atom. The van der Waals surface area contributed by atoms with E-state index in [0.717, 1.165) is 64.2 Å². The zero-order chi connectivity index (χ0) is 49.8. The number of hydrogen-bond acceptors (Lipinski definition) is 6. The lowest BCUT2D eigenvalue weighted by atomic mass is 10.0. The summed E-state index contributed by atoms with van der Waals surface area (Å²) in [4.78, 5) is 23.1. The average Bonchev–Trinajstić information content (AvgIpc) is 3.30. The van der Waals surface area contributed by atoms with Gasteiger partial charge in [0.25, 0.3) is 0 Å². The minimum atomic E-state index is -4.29. The van der Waals surface area contributed by atoms with E-state index in [-0.39, 0.29) is 25.8 Å². The molecule has 0 aliphatic carbocycles. The molecule has 0 radical (unpaired) electrons. The third-order valence-electron chi connectivity index (χ3n) is 12.3. The molecule has 0 saturated heterocycles. The van der Waals surface area contributed by atoms with E-state index in [1.165, 1.54) is 167 Å². The second-order valence-electron chi connectivity index (χ2n) is 20.3. The maximum absolute atomic E-state index is 12.8. The van der Waals surface area contributed by atoms with Crippen molar-refractivity contribution < 1.29 is 37.3 Å². The largest absolute Gasteiger partial charge is 0.472 e. The number of carbonyl (C=O) groups excluding carboxylic acids is 1. The lowest BCUT2D eigenvalue weighted by Crippen LogP contribution is -2.37. The molecule has 0 saturated carbocycles. The Balaban J connectivity index is 4.08. The van der Waals surface area contributed by atoms with Gasteiger partial charge >= 0.3 is 13.8 Å². The molecule has 0 aromatic heterocycles. The molecule has 2 atom stereocenters. The van der Waals surface area contributed by atoms with Crippen molar-refractivity contribution in [2.75, 3.05) is 54.1 Å². The predicted octanol–water partition coefficient (Wildman–Crippen LogP) is 18.0. The summed E-state index contributed by atoms with van der Waals surface area (Å²) in [7, 11) is 1.67. The summed E-state index contributed by atoms with van der Waals surface area (Å²) in [5, 5.41) is 0. The first kappa shape index (κ1) is 66.2. The fraction of sp³-hybridized carbons (Fsp3) is 0.814. The Labute approximate surface area is 421 Å². The molecule has 2 unspecified atom stereocenters. The fourth-order valence-electron chi connectivity index (χ4n) is 7.99. The Kier molecular flexibility index (Phi) is 50.2. The van der Waals surface area contributed by atoms with Gasteiger partial charge < -0.3 is 18.9 Å². The van der Waals surface area contributed by atoms with Crippen LogP contribution in [0.1, 0.15) is 251 Å². The molecule has 0 bridgehead atoms. The van der Waals surface area contributed by atoms with Crippen molar-refractivity contribution in [2.45, 2.75) is 258 Å². The lowest BCUT2D eigenvalue weighted by molar-refractivity contribution is -0.870. The number of phosphoric ester groups is 1. The van der Waals surface area contributed by atoms with E-state index in [4.69, 9.17) is 18.5 Å². The summed E-state index contributed by atoms with van der Waals surface area (Å²) in [6.45, 7) is 5.54. The van der Waals surface area contributed by atoms with Crippen LogP contribution < -0.4 is 0 Å². The second kappa shape index (κ2) is 51.6. The third kappa shape index (κ3) is 55.1. The maximum Gasteiger partial charge on any atom is 0.472 e. The van der Waals surface area contributed by atoms with Crippen molar-refractivity contribution >= 4 is 13.8 Å². The molecule has 0 rings (SSSR count).